The molecule has 0 amide bonds. The first kappa shape index (κ1) is 38.3. The number of rotatable bonds is 6. The SMILES string of the molecule is CC[C@@H]1CCCC1c1cnc2cnc3[nH]ccc3n12.CC[C@@H]1CCCC1c1cnc2cnc3[nH]ccc3n12.CC[C@@H]1CCCC1c1cnc2cnc3[nH]ccc3n12.Cl. The zero-order valence-corrected chi connectivity index (χ0v) is 34.6. The minimum Gasteiger partial charge on any atom is -0.345 e. The van der Waals surface area contributed by atoms with Crippen molar-refractivity contribution in [3.63, 3.8) is 0 Å². The summed E-state index contributed by atoms with van der Waals surface area (Å²) in [5, 5.41) is 0. The molecule has 0 bridgehead atoms. The van der Waals surface area contributed by atoms with Crippen LogP contribution in [0.4, 0.5) is 0 Å². The topological polar surface area (TPSA) is 138 Å². The lowest BCUT2D eigenvalue weighted by Gasteiger charge is -2.17. The Kier molecular flexibility index (Phi) is 10.7. The number of hydrogen-bond donors (Lipinski definition) is 3. The smallest absolute Gasteiger partial charge is 0.156 e. The molecule has 9 aromatic rings. The third-order valence-electron chi connectivity index (χ3n) is 13.9. The second-order valence-electron chi connectivity index (χ2n) is 16.7. The van der Waals surface area contributed by atoms with E-state index in [1.807, 2.05) is 37.2 Å². The van der Waals surface area contributed by atoms with E-state index in [1.165, 1.54) is 94.1 Å². The molecule has 0 saturated heterocycles. The Labute approximate surface area is 344 Å². The molecule has 3 unspecified atom stereocenters. The zero-order valence-electron chi connectivity index (χ0n) is 33.8. The normalized spacial score (nSPS) is 23.2. The lowest BCUT2D eigenvalue weighted by atomic mass is 9.91. The van der Waals surface area contributed by atoms with Gasteiger partial charge in [-0.25, -0.2) is 29.9 Å². The summed E-state index contributed by atoms with van der Waals surface area (Å²) in [5.74, 6) is 4.38. The minimum absolute atomic E-state index is 0. The molecule has 0 aromatic carbocycles. The highest BCUT2D eigenvalue weighted by molar-refractivity contribution is 5.85. The van der Waals surface area contributed by atoms with Crippen LogP contribution in [0.25, 0.3) is 50.4 Å². The van der Waals surface area contributed by atoms with Crippen LogP contribution in [0.1, 0.15) is 133 Å². The summed E-state index contributed by atoms with van der Waals surface area (Å²) in [6.45, 7) is 6.92. The molecule has 9 heterocycles. The monoisotopic (exact) mass is 798 g/mol. The number of aromatic nitrogens is 12. The maximum atomic E-state index is 4.55. The highest BCUT2D eigenvalue weighted by Crippen LogP contribution is 2.44. The third-order valence-corrected chi connectivity index (χ3v) is 13.9. The summed E-state index contributed by atoms with van der Waals surface area (Å²) in [6, 6.07) is 6.28. The molecule has 302 valence electrons. The van der Waals surface area contributed by atoms with Gasteiger partial charge < -0.3 is 15.0 Å². The summed E-state index contributed by atoms with van der Waals surface area (Å²) < 4.78 is 6.87. The fraction of sp³-hybridized carbons (Fsp3) is 0.467. The highest BCUT2D eigenvalue weighted by Gasteiger charge is 2.32. The van der Waals surface area contributed by atoms with E-state index in [1.54, 1.807) is 0 Å². The van der Waals surface area contributed by atoms with E-state index in [0.29, 0.717) is 17.8 Å². The van der Waals surface area contributed by atoms with Gasteiger partial charge in [0.15, 0.2) is 33.9 Å². The van der Waals surface area contributed by atoms with E-state index in [2.05, 4.69) is 116 Å². The first-order valence-corrected chi connectivity index (χ1v) is 21.5. The van der Waals surface area contributed by atoms with Crippen molar-refractivity contribution in [1.29, 1.82) is 0 Å². The number of hydrogen-bond acceptors (Lipinski definition) is 6. The number of aromatic amines is 3. The van der Waals surface area contributed by atoms with E-state index < -0.39 is 0 Å². The van der Waals surface area contributed by atoms with Gasteiger partial charge in [0.05, 0.1) is 35.1 Å². The van der Waals surface area contributed by atoms with Crippen LogP contribution in [0.5, 0.6) is 0 Å². The van der Waals surface area contributed by atoms with Crippen molar-refractivity contribution < 1.29 is 0 Å². The van der Waals surface area contributed by atoms with E-state index in [4.69, 9.17) is 0 Å². The summed E-state index contributed by atoms with van der Waals surface area (Å²) in [4.78, 5) is 36.4. The Morgan fingerprint density at radius 3 is 1.05 bits per heavy atom. The molecule has 0 radical (unpaired) electrons. The number of imidazole rings is 3. The van der Waals surface area contributed by atoms with E-state index in [-0.39, 0.29) is 12.4 Å². The van der Waals surface area contributed by atoms with Crippen molar-refractivity contribution in [3.05, 3.63) is 91.1 Å². The molecule has 3 aliphatic carbocycles. The van der Waals surface area contributed by atoms with Gasteiger partial charge in [-0.3, -0.25) is 13.2 Å². The van der Waals surface area contributed by atoms with Gasteiger partial charge in [0.2, 0.25) is 0 Å². The quantitative estimate of drug-likeness (QED) is 0.153. The molecule has 6 atom stereocenters. The Hall–Kier alpha value is -5.23. The Balaban J connectivity index is 0.000000112. The van der Waals surface area contributed by atoms with Crippen LogP contribution >= 0.6 is 12.4 Å². The predicted octanol–water partition coefficient (Wildman–Crippen LogP) is 10.9. The lowest BCUT2D eigenvalue weighted by Crippen LogP contribution is -2.08. The van der Waals surface area contributed by atoms with Gasteiger partial charge in [0.1, 0.15) is 0 Å². The molecule has 12 nitrogen and oxygen atoms in total. The number of nitrogens with one attached hydrogen (secondary N) is 3. The van der Waals surface area contributed by atoms with Gasteiger partial charge >= 0.3 is 0 Å². The molecule has 9 aromatic heterocycles. The van der Waals surface area contributed by atoms with Crippen LogP contribution in [0.3, 0.4) is 0 Å². The van der Waals surface area contributed by atoms with Crippen molar-refractivity contribution in [2.24, 2.45) is 17.8 Å². The Bertz CT molecular complexity index is 2480. The zero-order chi connectivity index (χ0) is 38.5. The van der Waals surface area contributed by atoms with Crippen LogP contribution in [-0.2, 0) is 0 Å². The summed E-state index contributed by atoms with van der Waals surface area (Å²) >= 11 is 0. The van der Waals surface area contributed by atoms with Gasteiger partial charge in [0, 0.05) is 72.0 Å². The molecule has 12 rings (SSSR count). The molecule has 0 spiro atoms. The van der Waals surface area contributed by atoms with E-state index in [9.17, 15) is 0 Å². The maximum Gasteiger partial charge on any atom is 0.156 e. The van der Waals surface area contributed by atoms with Gasteiger partial charge in [0.25, 0.3) is 0 Å². The van der Waals surface area contributed by atoms with Crippen molar-refractivity contribution in [2.45, 2.75) is 116 Å². The van der Waals surface area contributed by atoms with Gasteiger partial charge in [-0.15, -0.1) is 12.4 Å². The van der Waals surface area contributed by atoms with Crippen LogP contribution in [0.15, 0.2) is 74.0 Å². The van der Waals surface area contributed by atoms with Crippen LogP contribution in [0, 0.1) is 17.8 Å². The number of fused-ring (bicyclic) bond motifs is 9. The standard InChI is InChI=1S/3C15H18N4.ClH/c3*1-2-10-4-3-5-11(10)13-8-17-14-9-18-15-12(19(13)14)6-7-16-15;/h3*6-11,16H,2-5H2,1H3;1H/t3*10-,11?;/m111./s1. The maximum absolute atomic E-state index is 4.55. The molecular formula is C45H55ClN12. The average molecular weight is 799 g/mol. The Morgan fingerprint density at radius 1 is 0.448 bits per heavy atom. The summed E-state index contributed by atoms with van der Waals surface area (Å²) in [7, 11) is 0. The number of H-pyrrole nitrogens is 3. The van der Waals surface area contributed by atoms with Crippen LogP contribution in [0.2, 0.25) is 0 Å². The summed E-state index contributed by atoms with van der Waals surface area (Å²) in [5.41, 5.74) is 13.2. The molecule has 58 heavy (non-hydrogen) atoms. The molecule has 3 N–H and O–H groups in total. The van der Waals surface area contributed by atoms with E-state index in [0.717, 1.165) is 68.2 Å². The first-order chi connectivity index (χ1) is 28.1. The van der Waals surface area contributed by atoms with Gasteiger partial charge in [-0.2, -0.15) is 0 Å². The van der Waals surface area contributed by atoms with Crippen LogP contribution < -0.4 is 0 Å². The molecular weight excluding hydrogens is 744 g/mol. The fourth-order valence-electron chi connectivity index (χ4n) is 11.0. The van der Waals surface area contributed by atoms with Crippen molar-refractivity contribution in [2.75, 3.05) is 0 Å². The fourth-order valence-corrected chi connectivity index (χ4v) is 11.0. The van der Waals surface area contributed by atoms with Crippen molar-refractivity contribution in [1.82, 2.24) is 58.1 Å². The molecule has 3 fully saturated rings. The second kappa shape index (κ2) is 16.2. The van der Waals surface area contributed by atoms with Crippen molar-refractivity contribution >= 4 is 62.8 Å². The third kappa shape index (κ3) is 6.53. The Morgan fingerprint density at radius 2 is 0.759 bits per heavy atom. The molecule has 0 aliphatic heterocycles. The summed E-state index contributed by atoms with van der Waals surface area (Å²) in [6.07, 6.45) is 33.4. The lowest BCUT2D eigenvalue weighted by molar-refractivity contribution is 0.461. The average Bonchev–Trinajstić information content (AvgIpc) is 4.09. The van der Waals surface area contributed by atoms with Crippen LogP contribution in [-0.4, -0.2) is 58.1 Å². The molecule has 13 heteroatoms. The predicted molar refractivity (Wildman–Crippen MR) is 233 cm³/mol. The first-order valence-electron chi connectivity index (χ1n) is 21.5. The molecule has 3 saturated carbocycles. The minimum atomic E-state index is 0. The van der Waals surface area contributed by atoms with Crippen molar-refractivity contribution in [3.8, 4) is 0 Å². The van der Waals surface area contributed by atoms with Gasteiger partial charge in [-0.1, -0.05) is 59.3 Å². The van der Waals surface area contributed by atoms with Gasteiger partial charge in [-0.05, 0) is 74.5 Å². The second-order valence-corrected chi connectivity index (χ2v) is 16.7. The number of nitrogens with zero attached hydrogens (tertiary/aromatic N) is 9. The highest BCUT2D eigenvalue weighted by atomic mass is 35.5. The van der Waals surface area contributed by atoms with E-state index >= 15 is 0 Å². The largest absolute Gasteiger partial charge is 0.345 e. The molecule has 3 aliphatic rings. The number of halogens is 1.